The van der Waals surface area contributed by atoms with Crippen LogP contribution in [0, 0.1) is 10.8 Å². The fourth-order valence-corrected chi connectivity index (χ4v) is 5.35. The van der Waals surface area contributed by atoms with Gasteiger partial charge in [0.15, 0.2) is 0 Å². The molecule has 0 spiro atoms. The molecular weight excluding hydrogens is 437 g/mol. The Labute approximate surface area is 201 Å². The topological polar surface area (TPSA) is 3.24 Å². The Hall–Kier alpha value is -2.50. The molecule has 0 fully saturated rings. The molecule has 181 valence electrons. The third-order valence-corrected chi connectivity index (χ3v) is 7.22. The first-order valence-electron chi connectivity index (χ1n) is 11.9. The van der Waals surface area contributed by atoms with Crippen LogP contribution in [0.25, 0.3) is 11.3 Å². The lowest BCUT2D eigenvalue weighted by atomic mass is 9.59. The maximum Gasteiger partial charge on any atom is 0.491 e. The highest BCUT2D eigenvalue weighted by Gasteiger charge is 2.51. The van der Waals surface area contributed by atoms with Gasteiger partial charge in [-0.3, -0.25) is 0 Å². The fraction of sp³-hybridized carbons (Fsp3) is 0.429. The first-order chi connectivity index (χ1) is 16.0. The third kappa shape index (κ3) is 4.82. The van der Waals surface area contributed by atoms with Gasteiger partial charge in [-0.2, -0.15) is 13.2 Å². The number of hydrogen-bond acceptors (Lipinski definition) is 1. The molecule has 1 heterocycles. The molecule has 0 aromatic heterocycles. The zero-order chi connectivity index (χ0) is 25.1. The maximum absolute atomic E-state index is 14.8. The first kappa shape index (κ1) is 26.1. The molecule has 1 aliphatic rings. The smallest absolute Gasteiger partial charge is 0.384 e. The third-order valence-electron chi connectivity index (χ3n) is 7.22. The summed E-state index contributed by atoms with van der Waals surface area (Å²) in [5.74, 6) is 0. The lowest BCUT2D eigenvalue weighted by molar-refractivity contribution is -0.137. The zero-order valence-corrected chi connectivity index (χ0v) is 20.6. The Morgan fingerprint density at radius 3 is 2.03 bits per heavy atom. The van der Waals surface area contributed by atoms with Gasteiger partial charge in [0.1, 0.15) is 0 Å². The standard InChI is InChI=1S/C28H33BF4N/c1-6-8-18-27(7-2,26(3,4)5)24-19-23(20-12-10-9-11-13-20)25(34(24)29-33)21-14-16-22(17-15-21)28(30,31)32/h8-18,24H,6-7,19H2,1-5H3/b18-8-/t24-,27?/m0/s1. The molecule has 2 aromatic rings. The Kier molecular flexibility index (Phi) is 7.69. The summed E-state index contributed by atoms with van der Waals surface area (Å²) < 4.78 is 54.4. The van der Waals surface area contributed by atoms with Crippen LogP contribution in [0.15, 0.2) is 66.7 Å². The highest BCUT2D eigenvalue weighted by Crippen LogP contribution is 2.55. The molecule has 2 aromatic carbocycles. The van der Waals surface area contributed by atoms with Gasteiger partial charge in [0, 0.05) is 17.2 Å². The Bertz CT molecular complexity index is 1020. The second kappa shape index (κ2) is 10.0. The van der Waals surface area contributed by atoms with Crippen molar-refractivity contribution >= 4 is 19.0 Å². The van der Waals surface area contributed by atoms with Crippen molar-refractivity contribution in [2.45, 2.75) is 66.1 Å². The molecule has 1 aliphatic heterocycles. The lowest BCUT2D eigenvalue weighted by Crippen LogP contribution is -2.51. The lowest BCUT2D eigenvalue weighted by Gasteiger charge is -2.50. The molecular formula is C28H33BF4N. The van der Waals surface area contributed by atoms with Crippen LogP contribution >= 0.6 is 0 Å². The predicted octanol–water partition coefficient (Wildman–Crippen LogP) is 8.56. The van der Waals surface area contributed by atoms with Gasteiger partial charge in [0.2, 0.25) is 0 Å². The molecule has 0 N–H and O–H groups in total. The van der Waals surface area contributed by atoms with E-state index in [1.165, 1.54) is 12.1 Å². The summed E-state index contributed by atoms with van der Waals surface area (Å²) in [5.41, 5.74) is 1.82. The van der Waals surface area contributed by atoms with Crippen LogP contribution in [-0.4, -0.2) is 18.5 Å². The van der Waals surface area contributed by atoms with E-state index in [0.717, 1.165) is 36.1 Å². The molecule has 0 aliphatic carbocycles. The van der Waals surface area contributed by atoms with E-state index < -0.39 is 11.7 Å². The molecule has 3 rings (SSSR count). The van der Waals surface area contributed by atoms with Crippen LogP contribution < -0.4 is 0 Å². The van der Waals surface area contributed by atoms with Crippen LogP contribution in [0.3, 0.4) is 0 Å². The first-order valence-corrected chi connectivity index (χ1v) is 11.9. The summed E-state index contributed by atoms with van der Waals surface area (Å²) in [6, 6.07) is 14.6. The minimum absolute atomic E-state index is 0.184. The summed E-state index contributed by atoms with van der Waals surface area (Å²) in [6.45, 7) is 10.7. The normalized spacial score (nSPS) is 19.1. The zero-order valence-electron chi connectivity index (χ0n) is 20.6. The summed E-state index contributed by atoms with van der Waals surface area (Å²) >= 11 is 0. The SMILES string of the molecule is CC/C=C\C(CC)([C@@H]1CC(c2ccccc2)=C(c2ccc(C(F)(F)F)cc2)N1[B]F)C(C)(C)C. The fourth-order valence-electron chi connectivity index (χ4n) is 5.35. The monoisotopic (exact) mass is 470 g/mol. The van der Waals surface area contributed by atoms with Crippen LogP contribution in [0.4, 0.5) is 17.5 Å². The van der Waals surface area contributed by atoms with E-state index in [1.54, 1.807) is 4.81 Å². The van der Waals surface area contributed by atoms with Crippen molar-refractivity contribution in [2.24, 2.45) is 10.8 Å². The molecule has 1 radical (unpaired) electrons. The number of alkyl halides is 3. The molecule has 6 heteroatoms. The van der Waals surface area contributed by atoms with Crippen molar-refractivity contribution in [1.29, 1.82) is 0 Å². The van der Waals surface area contributed by atoms with Gasteiger partial charge < -0.3 is 9.13 Å². The number of rotatable bonds is 7. The van der Waals surface area contributed by atoms with Gasteiger partial charge in [0.25, 0.3) is 0 Å². The largest absolute Gasteiger partial charge is 0.491 e. The molecule has 0 saturated heterocycles. The molecule has 2 atom stereocenters. The van der Waals surface area contributed by atoms with Crippen molar-refractivity contribution in [2.75, 3.05) is 0 Å². The minimum atomic E-state index is -4.42. The van der Waals surface area contributed by atoms with Gasteiger partial charge in [0.05, 0.1) is 5.56 Å². The van der Waals surface area contributed by atoms with Crippen LogP contribution in [0.2, 0.25) is 0 Å². The Morgan fingerprint density at radius 2 is 1.56 bits per heavy atom. The van der Waals surface area contributed by atoms with Crippen molar-refractivity contribution in [3.63, 3.8) is 0 Å². The second-order valence-electron chi connectivity index (χ2n) is 9.95. The van der Waals surface area contributed by atoms with E-state index in [0.29, 0.717) is 25.4 Å². The molecule has 0 amide bonds. The summed E-state index contributed by atoms with van der Waals surface area (Å²) in [5, 5.41) is 0. The second-order valence-corrected chi connectivity index (χ2v) is 9.95. The molecule has 1 unspecified atom stereocenters. The Balaban J connectivity index is 2.22. The quantitative estimate of drug-likeness (QED) is 0.223. The van der Waals surface area contributed by atoms with E-state index in [9.17, 15) is 17.5 Å². The van der Waals surface area contributed by atoms with E-state index in [4.69, 9.17) is 0 Å². The molecule has 1 nitrogen and oxygen atoms in total. The van der Waals surface area contributed by atoms with E-state index in [-0.39, 0.29) is 16.9 Å². The number of hydrogen-bond donors (Lipinski definition) is 0. The van der Waals surface area contributed by atoms with Crippen molar-refractivity contribution in [1.82, 2.24) is 4.81 Å². The van der Waals surface area contributed by atoms with Gasteiger partial charge >= 0.3 is 13.9 Å². The van der Waals surface area contributed by atoms with Gasteiger partial charge in [-0.05, 0) is 53.5 Å². The summed E-state index contributed by atoms with van der Waals surface area (Å²) in [4.78, 5) is 1.65. The average molecular weight is 470 g/mol. The van der Waals surface area contributed by atoms with Gasteiger partial charge in [-0.25, -0.2) is 0 Å². The van der Waals surface area contributed by atoms with Crippen molar-refractivity contribution < 1.29 is 17.5 Å². The van der Waals surface area contributed by atoms with Gasteiger partial charge in [-0.15, -0.1) is 0 Å². The minimum Gasteiger partial charge on any atom is -0.384 e. The number of nitrogens with zero attached hydrogens (tertiary/aromatic N) is 1. The van der Waals surface area contributed by atoms with Crippen molar-refractivity contribution in [3.05, 3.63) is 83.4 Å². The Morgan fingerprint density at radius 1 is 0.941 bits per heavy atom. The van der Waals surface area contributed by atoms with E-state index >= 15 is 0 Å². The number of allylic oxidation sites excluding steroid dienone is 1. The highest BCUT2D eigenvalue weighted by atomic mass is 19.4. The molecule has 34 heavy (non-hydrogen) atoms. The van der Waals surface area contributed by atoms with Crippen LogP contribution in [-0.2, 0) is 6.18 Å². The highest BCUT2D eigenvalue weighted by molar-refractivity contribution is 6.27. The van der Waals surface area contributed by atoms with E-state index in [1.807, 2.05) is 30.3 Å². The van der Waals surface area contributed by atoms with Crippen LogP contribution in [0.1, 0.15) is 70.6 Å². The van der Waals surface area contributed by atoms with Crippen molar-refractivity contribution in [3.8, 4) is 0 Å². The van der Waals surface area contributed by atoms with Crippen LogP contribution in [0.5, 0.6) is 0 Å². The van der Waals surface area contributed by atoms with Gasteiger partial charge in [-0.1, -0.05) is 89.2 Å². The molecule has 0 bridgehead atoms. The molecule has 0 saturated carbocycles. The number of benzene rings is 2. The predicted molar refractivity (Wildman–Crippen MR) is 133 cm³/mol. The summed E-state index contributed by atoms with van der Waals surface area (Å²) in [7, 11) is 0.601. The maximum atomic E-state index is 14.8. The van der Waals surface area contributed by atoms with E-state index in [2.05, 4.69) is 46.8 Å². The average Bonchev–Trinajstić information content (AvgIpc) is 3.19. The summed E-state index contributed by atoms with van der Waals surface area (Å²) in [6.07, 6.45) is 2.20. The number of halogens is 4.